The first kappa shape index (κ1) is 27.4. The van der Waals surface area contributed by atoms with Gasteiger partial charge in [-0.1, -0.05) is 12.1 Å². The van der Waals surface area contributed by atoms with Crippen LogP contribution < -0.4 is 20.1 Å². The van der Waals surface area contributed by atoms with Gasteiger partial charge in [0.1, 0.15) is 17.3 Å². The smallest absolute Gasteiger partial charge is 0.258 e. The molecule has 2 aromatic carbocycles. The highest BCUT2D eigenvalue weighted by Crippen LogP contribution is 2.32. The van der Waals surface area contributed by atoms with Crippen molar-refractivity contribution in [3.05, 3.63) is 54.9 Å². The van der Waals surface area contributed by atoms with Gasteiger partial charge in [0.05, 0.1) is 30.0 Å². The van der Waals surface area contributed by atoms with Crippen molar-refractivity contribution in [3.8, 4) is 22.9 Å². The van der Waals surface area contributed by atoms with Gasteiger partial charge in [-0.25, -0.2) is 9.97 Å². The first-order chi connectivity index (χ1) is 19.3. The highest BCUT2D eigenvalue weighted by Gasteiger charge is 2.18. The lowest BCUT2D eigenvalue weighted by Crippen LogP contribution is -2.43. The molecule has 2 aromatic heterocycles. The summed E-state index contributed by atoms with van der Waals surface area (Å²) in [5.74, 6) is 2.29. The second-order valence-corrected chi connectivity index (χ2v) is 10.8. The van der Waals surface area contributed by atoms with Gasteiger partial charge in [0.25, 0.3) is 5.91 Å². The Hall–Kier alpha value is -4.18. The zero-order valence-corrected chi connectivity index (χ0v) is 23.4. The number of benzene rings is 2. The van der Waals surface area contributed by atoms with Crippen molar-refractivity contribution in [2.75, 3.05) is 31.7 Å². The zero-order chi connectivity index (χ0) is 28.1. The summed E-state index contributed by atoms with van der Waals surface area (Å²) >= 11 is 0. The fourth-order valence-corrected chi connectivity index (χ4v) is 4.61. The maximum atomic E-state index is 12.2. The standard InChI is InChI=1S/C30H36N6O4/c1-5-39-24-9-10-26-25(16-24)29(32-21-17-31-36(18-21)22-11-13-38-14-12-22)34-28(33-26)20-7-6-8-23(15-20)40-19-27(37)35-30(2,3)4/h6-10,15-18,22H,5,11-14,19H2,1-4H3,(H,35,37)(H,32,33,34). The Morgan fingerprint density at radius 3 is 2.65 bits per heavy atom. The second-order valence-electron chi connectivity index (χ2n) is 10.8. The van der Waals surface area contributed by atoms with Crippen LogP contribution in [0.2, 0.25) is 0 Å². The summed E-state index contributed by atoms with van der Waals surface area (Å²) in [7, 11) is 0. The van der Waals surface area contributed by atoms with Crippen LogP contribution in [0.1, 0.15) is 46.6 Å². The number of nitrogens with one attached hydrogen (secondary N) is 2. The third-order valence-electron chi connectivity index (χ3n) is 6.38. The summed E-state index contributed by atoms with van der Waals surface area (Å²) in [6.07, 6.45) is 5.70. The van der Waals surface area contributed by atoms with Crippen molar-refractivity contribution >= 4 is 28.3 Å². The Kier molecular flexibility index (Phi) is 8.16. The van der Waals surface area contributed by atoms with Crippen LogP contribution in [0.15, 0.2) is 54.9 Å². The molecule has 0 saturated carbocycles. The molecule has 0 atom stereocenters. The van der Waals surface area contributed by atoms with Crippen molar-refractivity contribution in [2.45, 2.75) is 52.1 Å². The van der Waals surface area contributed by atoms with E-state index < -0.39 is 0 Å². The number of hydrogen-bond donors (Lipinski definition) is 2. The molecule has 0 aliphatic carbocycles. The number of carbonyl (C=O) groups is 1. The van der Waals surface area contributed by atoms with Gasteiger partial charge in [0.2, 0.25) is 0 Å². The van der Waals surface area contributed by atoms with Crippen LogP contribution in [0, 0.1) is 0 Å². The average molecular weight is 545 g/mol. The third-order valence-corrected chi connectivity index (χ3v) is 6.38. The molecule has 1 aliphatic heterocycles. The van der Waals surface area contributed by atoms with E-state index in [2.05, 4.69) is 15.7 Å². The second kappa shape index (κ2) is 11.9. The molecular formula is C30H36N6O4. The van der Waals surface area contributed by atoms with E-state index in [4.69, 9.17) is 24.2 Å². The van der Waals surface area contributed by atoms with Crippen molar-refractivity contribution in [1.82, 2.24) is 25.1 Å². The monoisotopic (exact) mass is 544 g/mol. The van der Waals surface area contributed by atoms with E-state index in [0.717, 1.165) is 54.0 Å². The molecule has 1 saturated heterocycles. The average Bonchev–Trinajstić information content (AvgIpc) is 3.40. The predicted octanol–water partition coefficient (Wildman–Crippen LogP) is 5.28. The molecule has 1 aliphatic rings. The summed E-state index contributed by atoms with van der Waals surface area (Å²) < 4.78 is 19.0. The summed E-state index contributed by atoms with van der Waals surface area (Å²) in [6.45, 7) is 9.73. The van der Waals surface area contributed by atoms with E-state index in [9.17, 15) is 4.79 Å². The molecule has 0 radical (unpaired) electrons. The summed E-state index contributed by atoms with van der Waals surface area (Å²) in [5, 5.41) is 11.8. The van der Waals surface area contributed by atoms with Crippen molar-refractivity contribution in [3.63, 3.8) is 0 Å². The van der Waals surface area contributed by atoms with Crippen LogP contribution in [-0.4, -0.2) is 57.6 Å². The van der Waals surface area contributed by atoms with E-state index in [1.165, 1.54) is 0 Å². The number of nitrogens with zero attached hydrogens (tertiary/aromatic N) is 4. The highest BCUT2D eigenvalue weighted by molar-refractivity contribution is 5.93. The fourth-order valence-electron chi connectivity index (χ4n) is 4.61. The van der Waals surface area contributed by atoms with E-state index >= 15 is 0 Å². The Balaban J connectivity index is 1.44. The van der Waals surface area contributed by atoms with Gasteiger partial charge in [0, 0.05) is 35.9 Å². The largest absolute Gasteiger partial charge is 0.494 e. The van der Waals surface area contributed by atoms with E-state index in [-0.39, 0.29) is 18.1 Å². The van der Waals surface area contributed by atoms with Crippen LogP contribution in [0.4, 0.5) is 11.5 Å². The maximum Gasteiger partial charge on any atom is 0.258 e. The highest BCUT2D eigenvalue weighted by atomic mass is 16.5. The zero-order valence-electron chi connectivity index (χ0n) is 23.4. The topological polar surface area (TPSA) is 112 Å². The third kappa shape index (κ3) is 6.87. The SMILES string of the molecule is CCOc1ccc2nc(-c3cccc(OCC(=O)NC(C)(C)C)c3)nc(Nc3cnn(C4CCOCC4)c3)c2c1. The molecule has 4 aromatic rings. The normalized spacial score (nSPS) is 14.2. The molecule has 0 unspecified atom stereocenters. The number of ether oxygens (including phenoxy) is 3. The molecule has 1 amide bonds. The summed E-state index contributed by atoms with van der Waals surface area (Å²) in [5.41, 5.74) is 2.05. The number of aromatic nitrogens is 4. The Morgan fingerprint density at radius 1 is 1.07 bits per heavy atom. The number of carbonyl (C=O) groups excluding carboxylic acids is 1. The van der Waals surface area contributed by atoms with Crippen LogP contribution in [0.5, 0.6) is 11.5 Å². The van der Waals surface area contributed by atoms with Gasteiger partial charge in [0.15, 0.2) is 12.4 Å². The number of anilines is 2. The lowest BCUT2D eigenvalue weighted by atomic mass is 10.1. The first-order valence-corrected chi connectivity index (χ1v) is 13.7. The first-order valence-electron chi connectivity index (χ1n) is 13.7. The number of fused-ring (bicyclic) bond motifs is 1. The van der Waals surface area contributed by atoms with Gasteiger partial charge < -0.3 is 24.8 Å². The number of rotatable bonds is 9. The Labute approximate surface area is 234 Å². The Bertz CT molecular complexity index is 1470. The van der Waals surface area contributed by atoms with E-state index in [0.29, 0.717) is 30.0 Å². The molecule has 2 N–H and O–H groups in total. The van der Waals surface area contributed by atoms with E-state index in [1.54, 1.807) is 0 Å². The predicted molar refractivity (Wildman–Crippen MR) is 154 cm³/mol. The van der Waals surface area contributed by atoms with Gasteiger partial charge in [-0.3, -0.25) is 9.48 Å². The van der Waals surface area contributed by atoms with Crippen LogP contribution in [-0.2, 0) is 9.53 Å². The number of amides is 1. The fraction of sp³-hybridized carbons (Fsp3) is 0.400. The van der Waals surface area contributed by atoms with E-state index in [1.807, 2.05) is 87.2 Å². The minimum Gasteiger partial charge on any atom is -0.494 e. The quantitative estimate of drug-likeness (QED) is 0.293. The van der Waals surface area contributed by atoms with Gasteiger partial charge in [-0.05, 0) is 70.9 Å². The molecule has 40 heavy (non-hydrogen) atoms. The van der Waals surface area contributed by atoms with Crippen molar-refractivity contribution in [1.29, 1.82) is 0 Å². The lowest BCUT2D eigenvalue weighted by molar-refractivity contribution is -0.124. The minimum atomic E-state index is -0.325. The van der Waals surface area contributed by atoms with Gasteiger partial charge in [-0.2, -0.15) is 5.10 Å². The summed E-state index contributed by atoms with van der Waals surface area (Å²) in [4.78, 5) is 22.0. The molecule has 10 nitrogen and oxygen atoms in total. The molecule has 10 heteroatoms. The molecule has 3 heterocycles. The molecule has 0 bridgehead atoms. The van der Waals surface area contributed by atoms with Gasteiger partial charge in [-0.15, -0.1) is 0 Å². The van der Waals surface area contributed by atoms with Gasteiger partial charge >= 0.3 is 0 Å². The summed E-state index contributed by atoms with van der Waals surface area (Å²) in [6, 6.07) is 13.5. The minimum absolute atomic E-state index is 0.0799. The lowest BCUT2D eigenvalue weighted by Gasteiger charge is -2.22. The molecule has 1 fully saturated rings. The van der Waals surface area contributed by atoms with Crippen LogP contribution >= 0.6 is 0 Å². The maximum absolute atomic E-state index is 12.2. The molecule has 210 valence electrons. The van der Waals surface area contributed by atoms with Crippen LogP contribution in [0.25, 0.3) is 22.3 Å². The van der Waals surface area contributed by atoms with Crippen molar-refractivity contribution in [2.24, 2.45) is 0 Å². The molecule has 0 spiro atoms. The molecular weight excluding hydrogens is 508 g/mol. The molecule has 5 rings (SSSR count). The van der Waals surface area contributed by atoms with Crippen LogP contribution in [0.3, 0.4) is 0 Å². The van der Waals surface area contributed by atoms with Crippen molar-refractivity contribution < 1.29 is 19.0 Å². The Morgan fingerprint density at radius 2 is 1.88 bits per heavy atom. The number of hydrogen-bond acceptors (Lipinski definition) is 8.